The fourth-order valence-corrected chi connectivity index (χ4v) is 4.12. The Morgan fingerprint density at radius 1 is 1.29 bits per heavy atom. The fraction of sp³-hybridized carbons (Fsp3) is 0.417. The van der Waals surface area contributed by atoms with E-state index in [0.29, 0.717) is 11.1 Å². The molecule has 1 aromatic carbocycles. The number of benzene rings is 1. The number of hydrogen-bond donors (Lipinski definition) is 1. The van der Waals surface area contributed by atoms with Crippen molar-refractivity contribution in [2.24, 2.45) is 0 Å². The number of nitrogens with one attached hydrogen (secondary N) is 1. The minimum Gasteiger partial charge on any atom is -0.371 e. The summed E-state index contributed by atoms with van der Waals surface area (Å²) >= 11 is 0. The van der Waals surface area contributed by atoms with E-state index in [2.05, 4.69) is 40.2 Å². The quantitative estimate of drug-likeness (QED) is 0.680. The van der Waals surface area contributed by atoms with Crippen LogP contribution in [0, 0.1) is 18.3 Å². The van der Waals surface area contributed by atoms with Crippen molar-refractivity contribution in [3.8, 4) is 6.07 Å². The summed E-state index contributed by atoms with van der Waals surface area (Å²) in [5, 5.41) is 17.5. The molecule has 1 saturated heterocycles. The SMILES string of the molecule is CCC(C)n1ncc2c(C(=O)NC3CCN(c4ccc(C#N)cc4)CC3)cc(C)nc21. The maximum absolute atomic E-state index is 13.1. The van der Waals surface area contributed by atoms with Gasteiger partial charge in [-0.25, -0.2) is 9.67 Å². The highest BCUT2D eigenvalue weighted by molar-refractivity contribution is 6.05. The average Bonchev–Trinajstić information content (AvgIpc) is 3.22. The van der Waals surface area contributed by atoms with E-state index in [0.717, 1.165) is 54.8 Å². The van der Waals surface area contributed by atoms with Gasteiger partial charge in [-0.05, 0) is 63.4 Å². The number of piperidine rings is 1. The average molecular weight is 417 g/mol. The lowest BCUT2D eigenvalue weighted by Crippen LogP contribution is -2.44. The highest BCUT2D eigenvalue weighted by Crippen LogP contribution is 2.24. The number of rotatable bonds is 5. The Morgan fingerprint density at radius 3 is 2.65 bits per heavy atom. The first-order valence-corrected chi connectivity index (χ1v) is 10.9. The zero-order valence-electron chi connectivity index (χ0n) is 18.3. The summed E-state index contributed by atoms with van der Waals surface area (Å²) in [6.07, 6.45) is 4.47. The second kappa shape index (κ2) is 8.76. The first-order valence-electron chi connectivity index (χ1n) is 10.9. The van der Waals surface area contributed by atoms with Crippen LogP contribution >= 0.6 is 0 Å². The molecule has 1 amide bonds. The summed E-state index contributed by atoms with van der Waals surface area (Å²) in [5.74, 6) is -0.0592. The maximum atomic E-state index is 13.1. The third kappa shape index (κ3) is 4.24. The van der Waals surface area contributed by atoms with Gasteiger partial charge < -0.3 is 10.2 Å². The molecule has 7 nitrogen and oxygen atoms in total. The molecule has 1 aliphatic heterocycles. The van der Waals surface area contributed by atoms with Gasteiger partial charge in [0.2, 0.25) is 0 Å². The number of carbonyl (C=O) groups is 1. The molecular weight excluding hydrogens is 388 g/mol. The van der Waals surface area contributed by atoms with Crippen LogP contribution in [0.2, 0.25) is 0 Å². The third-order valence-corrected chi connectivity index (χ3v) is 6.14. The summed E-state index contributed by atoms with van der Waals surface area (Å²) < 4.78 is 1.91. The van der Waals surface area contributed by atoms with Crippen molar-refractivity contribution < 1.29 is 4.79 Å². The lowest BCUT2D eigenvalue weighted by molar-refractivity contribution is 0.0932. The molecule has 0 spiro atoms. The van der Waals surface area contributed by atoms with E-state index in [9.17, 15) is 4.79 Å². The van der Waals surface area contributed by atoms with Crippen molar-refractivity contribution >= 4 is 22.6 Å². The predicted molar refractivity (Wildman–Crippen MR) is 121 cm³/mol. The number of amides is 1. The van der Waals surface area contributed by atoms with Gasteiger partial charge in [0, 0.05) is 30.5 Å². The van der Waals surface area contributed by atoms with E-state index in [1.54, 1.807) is 6.20 Å². The van der Waals surface area contributed by atoms with Crippen molar-refractivity contribution in [2.45, 2.75) is 52.1 Å². The van der Waals surface area contributed by atoms with Gasteiger partial charge in [-0.1, -0.05) is 6.92 Å². The molecule has 160 valence electrons. The lowest BCUT2D eigenvalue weighted by Gasteiger charge is -2.34. The number of nitrogens with zero attached hydrogens (tertiary/aromatic N) is 5. The van der Waals surface area contributed by atoms with Crippen molar-refractivity contribution in [1.29, 1.82) is 5.26 Å². The van der Waals surface area contributed by atoms with Crippen molar-refractivity contribution in [3.63, 3.8) is 0 Å². The standard InChI is InChI=1S/C24H28N6O/c1-4-17(3)30-23-22(15-26-30)21(13-16(2)27-23)24(31)28-19-9-11-29(12-10-19)20-7-5-18(14-25)6-8-20/h5-8,13,15,17,19H,4,9-12H2,1-3H3,(H,28,31). The smallest absolute Gasteiger partial charge is 0.252 e. The molecule has 1 aliphatic rings. The van der Waals surface area contributed by atoms with E-state index in [-0.39, 0.29) is 18.0 Å². The van der Waals surface area contributed by atoms with Gasteiger partial charge in [-0.2, -0.15) is 10.4 Å². The van der Waals surface area contributed by atoms with Crippen LogP contribution in [-0.2, 0) is 0 Å². The number of fused-ring (bicyclic) bond motifs is 1. The van der Waals surface area contributed by atoms with Crippen LogP contribution in [0.1, 0.15) is 60.8 Å². The van der Waals surface area contributed by atoms with Crippen LogP contribution in [0.4, 0.5) is 5.69 Å². The van der Waals surface area contributed by atoms with Crippen LogP contribution in [0.5, 0.6) is 0 Å². The van der Waals surface area contributed by atoms with Gasteiger partial charge in [0.25, 0.3) is 5.91 Å². The highest BCUT2D eigenvalue weighted by atomic mass is 16.1. The van der Waals surface area contributed by atoms with Crippen LogP contribution < -0.4 is 10.2 Å². The Kier molecular flexibility index (Phi) is 5.90. The lowest BCUT2D eigenvalue weighted by atomic mass is 10.0. The molecule has 0 saturated carbocycles. The van der Waals surface area contributed by atoms with Gasteiger partial charge in [-0.15, -0.1) is 0 Å². The molecule has 7 heteroatoms. The van der Waals surface area contributed by atoms with E-state index in [1.165, 1.54) is 0 Å². The van der Waals surface area contributed by atoms with E-state index in [1.807, 2.05) is 41.9 Å². The van der Waals surface area contributed by atoms with E-state index < -0.39 is 0 Å². The zero-order valence-corrected chi connectivity index (χ0v) is 18.3. The Balaban J connectivity index is 1.45. The molecule has 2 aromatic heterocycles. The summed E-state index contributed by atoms with van der Waals surface area (Å²) in [7, 11) is 0. The molecule has 3 heterocycles. The van der Waals surface area contributed by atoms with Crippen LogP contribution in [0.25, 0.3) is 11.0 Å². The molecule has 0 aliphatic carbocycles. The molecule has 1 unspecified atom stereocenters. The number of nitriles is 1. The van der Waals surface area contributed by atoms with Crippen molar-refractivity contribution in [2.75, 3.05) is 18.0 Å². The molecule has 0 radical (unpaired) electrons. The Hall–Kier alpha value is -3.40. The summed E-state index contributed by atoms with van der Waals surface area (Å²) in [6, 6.07) is 12.0. The maximum Gasteiger partial charge on any atom is 0.252 e. The molecule has 1 N–H and O–H groups in total. The predicted octanol–water partition coefficient (Wildman–Crippen LogP) is 3.98. The number of aromatic nitrogens is 3. The number of aryl methyl sites for hydroxylation is 1. The van der Waals surface area contributed by atoms with Crippen LogP contribution in [0.15, 0.2) is 36.5 Å². The van der Waals surface area contributed by atoms with Gasteiger partial charge in [0.05, 0.1) is 34.8 Å². The van der Waals surface area contributed by atoms with Gasteiger partial charge >= 0.3 is 0 Å². The minimum absolute atomic E-state index is 0.0592. The zero-order chi connectivity index (χ0) is 22.0. The summed E-state index contributed by atoms with van der Waals surface area (Å²) in [6.45, 7) is 7.88. The topological polar surface area (TPSA) is 86.8 Å². The first-order chi connectivity index (χ1) is 15.0. The summed E-state index contributed by atoms with van der Waals surface area (Å²) in [4.78, 5) is 20.1. The Morgan fingerprint density at radius 2 is 2.00 bits per heavy atom. The fourth-order valence-electron chi connectivity index (χ4n) is 4.12. The van der Waals surface area contributed by atoms with Crippen LogP contribution in [0.3, 0.4) is 0 Å². The third-order valence-electron chi connectivity index (χ3n) is 6.14. The summed E-state index contributed by atoms with van der Waals surface area (Å²) in [5.41, 5.74) is 4.02. The molecule has 0 bridgehead atoms. The molecule has 4 rings (SSSR count). The van der Waals surface area contributed by atoms with Crippen molar-refractivity contribution in [1.82, 2.24) is 20.1 Å². The number of hydrogen-bond acceptors (Lipinski definition) is 5. The van der Waals surface area contributed by atoms with Crippen molar-refractivity contribution in [3.05, 3.63) is 53.3 Å². The first kappa shape index (κ1) is 20.9. The van der Waals surface area contributed by atoms with Gasteiger partial charge in [0.1, 0.15) is 0 Å². The highest BCUT2D eigenvalue weighted by Gasteiger charge is 2.23. The van der Waals surface area contributed by atoms with Gasteiger partial charge in [-0.3, -0.25) is 4.79 Å². The largest absolute Gasteiger partial charge is 0.371 e. The molecule has 1 atom stereocenters. The Labute approximate surface area is 182 Å². The molecule has 1 fully saturated rings. The van der Waals surface area contributed by atoms with E-state index >= 15 is 0 Å². The number of pyridine rings is 1. The monoisotopic (exact) mass is 416 g/mol. The number of anilines is 1. The second-order valence-corrected chi connectivity index (χ2v) is 8.29. The number of carbonyl (C=O) groups excluding carboxylic acids is 1. The normalized spacial score (nSPS) is 15.6. The minimum atomic E-state index is -0.0592. The second-order valence-electron chi connectivity index (χ2n) is 8.29. The van der Waals surface area contributed by atoms with Gasteiger partial charge in [0.15, 0.2) is 5.65 Å². The molecule has 3 aromatic rings. The molecular formula is C24H28N6O. The van der Waals surface area contributed by atoms with Crippen LogP contribution in [-0.4, -0.2) is 39.8 Å². The molecule has 31 heavy (non-hydrogen) atoms. The Bertz CT molecular complexity index is 1120. The van der Waals surface area contributed by atoms with E-state index in [4.69, 9.17) is 5.26 Å².